The Morgan fingerprint density at radius 3 is 2.54 bits per heavy atom. The van der Waals surface area contributed by atoms with E-state index < -0.39 is 17.8 Å². The summed E-state index contributed by atoms with van der Waals surface area (Å²) in [7, 11) is 0. The van der Waals surface area contributed by atoms with Crippen LogP contribution in [0.3, 0.4) is 0 Å². The molecule has 0 saturated heterocycles. The number of nitrogens with zero attached hydrogens (tertiary/aromatic N) is 1. The highest BCUT2D eigenvalue weighted by atomic mass is 16.5. The van der Waals surface area contributed by atoms with Gasteiger partial charge >= 0.3 is 5.97 Å². The number of benzene rings is 2. The third-order valence-corrected chi connectivity index (χ3v) is 3.25. The van der Waals surface area contributed by atoms with Gasteiger partial charge in [0.25, 0.3) is 11.8 Å². The van der Waals surface area contributed by atoms with Crippen molar-refractivity contribution >= 4 is 30.1 Å². The minimum absolute atomic E-state index is 0.0693. The number of carbonyl (C=O) groups excluding carboxylic acids is 2. The minimum Gasteiger partial charge on any atom is -0.478 e. The second kappa shape index (κ2) is 8.90. The Morgan fingerprint density at radius 1 is 1.04 bits per heavy atom. The molecule has 4 N–H and O–H groups in total. The first-order valence-electron chi connectivity index (χ1n) is 7.39. The lowest BCUT2D eigenvalue weighted by atomic mass is 10.1. The molecule has 8 nitrogen and oxygen atoms in total. The molecule has 0 bridgehead atoms. The van der Waals surface area contributed by atoms with Crippen molar-refractivity contribution in [1.82, 2.24) is 10.9 Å². The molecule has 0 atom stereocenters. The van der Waals surface area contributed by atoms with Crippen LogP contribution in [0.5, 0.6) is 0 Å². The number of carboxylic acids is 1. The topological polar surface area (TPSA) is 128 Å². The Kier molecular flexibility index (Phi) is 6.35. The molecule has 2 aromatic rings. The maximum atomic E-state index is 12.1. The first-order valence-corrected chi connectivity index (χ1v) is 7.39. The predicted molar refractivity (Wildman–Crippen MR) is 93.9 cm³/mol. The zero-order valence-corrected chi connectivity index (χ0v) is 13.4. The summed E-state index contributed by atoms with van der Waals surface area (Å²) in [6.07, 6.45) is 3.78. The van der Waals surface area contributed by atoms with Gasteiger partial charge in [0, 0.05) is 17.2 Å². The van der Waals surface area contributed by atoms with Gasteiger partial charge in [-0.25, -0.2) is 15.7 Å². The number of hydrogen-bond donors (Lipinski definition) is 4. The Hall–Kier alpha value is -3.78. The zero-order chi connectivity index (χ0) is 18.9. The van der Waals surface area contributed by atoms with Crippen molar-refractivity contribution in [3.05, 3.63) is 76.9 Å². The van der Waals surface area contributed by atoms with Gasteiger partial charge in [0.05, 0.1) is 11.8 Å². The average molecular weight is 353 g/mol. The Morgan fingerprint density at radius 2 is 1.81 bits per heavy atom. The summed E-state index contributed by atoms with van der Waals surface area (Å²) in [6.45, 7) is 0. The van der Waals surface area contributed by atoms with Gasteiger partial charge < -0.3 is 5.11 Å². The smallest absolute Gasteiger partial charge is 0.336 e. The zero-order valence-electron chi connectivity index (χ0n) is 13.4. The Labute approximate surface area is 148 Å². The van der Waals surface area contributed by atoms with Crippen LogP contribution < -0.4 is 10.9 Å². The fraction of sp³-hybridized carbons (Fsp3) is 0. The van der Waals surface area contributed by atoms with Gasteiger partial charge in [0.2, 0.25) is 0 Å². The van der Waals surface area contributed by atoms with Crippen LogP contribution in [0.2, 0.25) is 0 Å². The molecule has 2 rings (SSSR count). The number of carboxylic acid groups (broad SMARTS) is 1. The first-order chi connectivity index (χ1) is 12.5. The summed E-state index contributed by atoms with van der Waals surface area (Å²) in [4.78, 5) is 34.2. The molecule has 0 aliphatic heterocycles. The minimum atomic E-state index is -1.09. The fourth-order valence-electron chi connectivity index (χ4n) is 2.02. The lowest BCUT2D eigenvalue weighted by Crippen LogP contribution is -2.18. The lowest BCUT2D eigenvalue weighted by molar-refractivity contribution is -0.124. The molecule has 0 unspecified atom stereocenters. The van der Waals surface area contributed by atoms with E-state index in [1.54, 1.807) is 36.4 Å². The number of aromatic carboxylic acids is 1. The van der Waals surface area contributed by atoms with Gasteiger partial charge in [-0.2, -0.15) is 5.10 Å². The molecule has 2 amide bonds. The molecule has 0 saturated carbocycles. The van der Waals surface area contributed by atoms with Crippen LogP contribution in [0.4, 0.5) is 0 Å². The molecule has 0 aromatic heterocycles. The van der Waals surface area contributed by atoms with Crippen LogP contribution in [-0.4, -0.2) is 34.3 Å². The molecule has 0 aliphatic rings. The molecule has 132 valence electrons. The van der Waals surface area contributed by atoms with Crippen molar-refractivity contribution in [3.63, 3.8) is 0 Å². The van der Waals surface area contributed by atoms with Gasteiger partial charge in [-0.15, -0.1) is 0 Å². The van der Waals surface area contributed by atoms with Crippen LogP contribution in [0.15, 0.2) is 59.7 Å². The molecule has 26 heavy (non-hydrogen) atoms. The summed E-state index contributed by atoms with van der Waals surface area (Å²) in [6, 6.07) is 12.6. The molecule has 2 aromatic carbocycles. The molecule has 8 heteroatoms. The van der Waals surface area contributed by atoms with Crippen LogP contribution in [-0.2, 0) is 4.79 Å². The van der Waals surface area contributed by atoms with Gasteiger partial charge in [0.15, 0.2) is 0 Å². The summed E-state index contributed by atoms with van der Waals surface area (Å²) in [5.41, 5.74) is 5.06. The molecular weight excluding hydrogens is 338 g/mol. The third kappa shape index (κ3) is 5.11. The van der Waals surface area contributed by atoms with Crippen molar-refractivity contribution in [2.45, 2.75) is 0 Å². The van der Waals surface area contributed by atoms with E-state index in [2.05, 4.69) is 10.5 Å². The fourth-order valence-corrected chi connectivity index (χ4v) is 2.02. The number of amides is 2. The number of carbonyl (C=O) groups is 3. The third-order valence-electron chi connectivity index (χ3n) is 3.25. The molecule has 0 radical (unpaired) electrons. The Balaban J connectivity index is 2.08. The van der Waals surface area contributed by atoms with E-state index >= 15 is 0 Å². The summed E-state index contributed by atoms with van der Waals surface area (Å²) >= 11 is 0. The lowest BCUT2D eigenvalue weighted by Gasteiger charge is -2.02. The molecule has 0 fully saturated rings. The van der Waals surface area contributed by atoms with E-state index in [1.165, 1.54) is 29.9 Å². The highest BCUT2D eigenvalue weighted by Crippen LogP contribution is 2.08. The van der Waals surface area contributed by atoms with Gasteiger partial charge in [0.1, 0.15) is 0 Å². The standard InChI is InChI=1S/C18H15N3O5/c22-16(21-26)9-8-12-4-3-6-13(10-12)17(23)20-19-11-14-5-1-2-7-15(14)18(24)25/h1-11,26H,(H,20,23)(H,21,22)(H,24,25). The molecule has 0 aliphatic carbocycles. The maximum Gasteiger partial charge on any atom is 0.336 e. The first kappa shape index (κ1) is 18.6. The highest BCUT2D eigenvalue weighted by Gasteiger charge is 2.07. The van der Waals surface area contributed by atoms with Crippen molar-refractivity contribution in [1.29, 1.82) is 0 Å². The predicted octanol–water partition coefficient (Wildman–Crippen LogP) is 1.67. The Bertz CT molecular complexity index is 890. The van der Waals surface area contributed by atoms with E-state index in [-0.39, 0.29) is 5.56 Å². The second-order valence-electron chi connectivity index (χ2n) is 5.03. The van der Waals surface area contributed by atoms with Crippen LogP contribution in [0.25, 0.3) is 6.08 Å². The van der Waals surface area contributed by atoms with Crippen molar-refractivity contribution in [2.24, 2.45) is 5.10 Å². The van der Waals surface area contributed by atoms with Gasteiger partial charge in [-0.05, 0) is 29.8 Å². The number of rotatable bonds is 6. The van der Waals surface area contributed by atoms with Crippen LogP contribution in [0.1, 0.15) is 31.8 Å². The van der Waals surface area contributed by atoms with Crippen LogP contribution in [0, 0.1) is 0 Å². The van der Waals surface area contributed by atoms with E-state index in [0.717, 1.165) is 6.08 Å². The largest absolute Gasteiger partial charge is 0.478 e. The summed E-state index contributed by atoms with van der Waals surface area (Å²) < 4.78 is 0. The number of nitrogens with one attached hydrogen (secondary N) is 2. The molecular formula is C18H15N3O5. The van der Waals surface area contributed by atoms with E-state index in [1.807, 2.05) is 0 Å². The number of hydroxylamine groups is 1. The number of hydrogen-bond acceptors (Lipinski definition) is 5. The molecule has 0 spiro atoms. The summed E-state index contributed by atoms with van der Waals surface area (Å²) in [5, 5.41) is 21.3. The molecule has 0 heterocycles. The maximum absolute atomic E-state index is 12.1. The van der Waals surface area contributed by atoms with E-state index in [0.29, 0.717) is 16.7 Å². The monoisotopic (exact) mass is 353 g/mol. The van der Waals surface area contributed by atoms with Crippen molar-refractivity contribution in [3.8, 4) is 0 Å². The SMILES string of the molecule is O=C(C=Cc1cccc(C(=O)NN=Cc2ccccc2C(=O)O)c1)NO. The van der Waals surface area contributed by atoms with E-state index in [9.17, 15) is 14.4 Å². The number of hydrazone groups is 1. The van der Waals surface area contributed by atoms with Crippen molar-refractivity contribution in [2.75, 3.05) is 0 Å². The van der Waals surface area contributed by atoms with Gasteiger partial charge in [-0.3, -0.25) is 14.8 Å². The van der Waals surface area contributed by atoms with Gasteiger partial charge in [-0.1, -0.05) is 30.3 Å². The highest BCUT2D eigenvalue weighted by molar-refractivity contribution is 5.99. The average Bonchev–Trinajstić information content (AvgIpc) is 2.66. The summed E-state index contributed by atoms with van der Waals surface area (Å²) in [5.74, 6) is -2.29. The normalized spacial score (nSPS) is 10.8. The van der Waals surface area contributed by atoms with Crippen molar-refractivity contribution < 1.29 is 24.7 Å². The quantitative estimate of drug-likeness (QED) is 0.272. The second-order valence-corrected chi connectivity index (χ2v) is 5.03. The van der Waals surface area contributed by atoms with Crippen LogP contribution >= 0.6 is 0 Å². The van der Waals surface area contributed by atoms with E-state index in [4.69, 9.17) is 10.3 Å².